The Morgan fingerprint density at radius 3 is 2.94 bits per heavy atom. The van der Waals surface area contributed by atoms with E-state index >= 15 is 0 Å². The Labute approximate surface area is 104 Å². The van der Waals surface area contributed by atoms with Gasteiger partial charge in [-0.1, -0.05) is 20.3 Å². The van der Waals surface area contributed by atoms with Crippen molar-refractivity contribution in [3.05, 3.63) is 18.2 Å². The summed E-state index contributed by atoms with van der Waals surface area (Å²) in [5.41, 5.74) is -0.535. The van der Waals surface area contributed by atoms with Gasteiger partial charge in [-0.05, 0) is 31.1 Å². The maximum Gasteiger partial charge on any atom is 0.111 e. The maximum absolute atomic E-state index is 10.7. The number of nitrogens with zero attached hydrogens (tertiary/aromatic N) is 2. The van der Waals surface area contributed by atoms with Gasteiger partial charge in [0.1, 0.15) is 5.82 Å². The molecular weight excluding hydrogens is 212 g/mol. The zero-order valence-corrected chi connectivity index (χ0v) is 11.2. The van der Waals surface area contributed by atoms with E-state index < -0.39 is 5.60 Å². The molecule has 0 bridgehead atoms. The molecule has 1 aromatic heterocycles. The van der Waals surface area contributed by atoms with E-state index in [0.717, 1.165) is 25.1 Å². The van der Waals surface area contributed by atoms with Crippen molar-refractivity contribution in [3.63, 3.8) is 0 Å². The van der Waals surface area contributed by atoms with E-state index in [1.807, 2.05) is 17.8 Å². The maximum atomic E-state index is 10.7. The van der Waals surface area contributed by atoms with Crippen LogP contribution in [0.2, 0.25) is 0 Å². The highest BCUT2D eigenvalue weighted by Crippen LogP contribution is 2.37. The molecule has 1 fully saturated rings. The van der Waals surface area contributed by atoms with Crippen LogP contribution in [0.25, 0.3) is 0 Å². The van der Waals surface area contributed by atoms with Crippen molar-refractivity contribution in [3.8, 4) is 0 Å². The molecule has 1 aromatic rings. The molecule has 1 saturated carbocycles. The van der Waals surface area contributed by atoms with Crippen molar-refractivity contribution in [2.45, 2.75) is 51.6 Å². The largest absolute Gasteiger partial charge is 0.389 e. The minimum Gasteiger partial charge on any atom is -0.389 e. The quantitative estimate of drug-likeness (QED) is 0.875. The number of hydrogen-bond acceptors (Lipinski definition) is 2. The van der Waals surface area contributed by atoms with Crippen molar-refractivity contribution in [2.24, 2.45) is 18.9 Å². The molecule has 0 radical (unpaired) electrons. The number of imidazole rings is 1. The van der Waals surface area contributed by atoms with Crippen LogP contribution in [-0.2, 0) is 13.5 Å². The molecule has 2 unspecified atom stereocenters. The Hall–Kier alpha value is -0.830. The summed E-state index contributed by atoms with van der Waals surface area (Å²) in [7, 11) is 1.99. The zero-order valence-electron chi connectivity index (χ0n) is 11.2. The van der Waals surface area contributed by atoms with Gasteiger partial charge in [0.25, 0.3) is 0 Å². The van der Waals surface area contributed by atoms with Gasteiger partial charge < -0.3 is 9.67 Å². The summed E-state index contributed by atoms with van der Waals surface area (Å²) in [6.07, 6.45) is 8.70. The van der Waals surface area contributed by atoms with Crippen molar-refractivity contribution < 1.29 is 5.11 Å². The molecule has 0 spiro atoms. The first-order valence-corrected chi connectivity index (χ1v) is 6.69. The van der Waals surface area contributed by atoms with Crippen LogP contribution in [0.5, 0.6) is 0 Å². The lowest BCUT2D eigenvalue weighted by Crippen LogP contribution is -2.39. The third kappa shape index (κ3) is 2.89. The highest BCUT2D eigenvalue weighted by atomic mass is 16.3. The highest BCUT2D eigenvalue weighted by Gasteiger charge is 2.36. The second kappa shape index (κ2) is 4.81. The SMILES string of the molecule is CC(C)C1CCCC(O)(Cc2nccn2C)C1. The van der Waals surface area contributed by atoms with Crippen molar-refractivity contribution >= 4 is 0 Å². The molecule has 0 saturated heterocycles. The van der Waals surface area contributed by atoms with Crippen LogP contribution in [0.15, 0.2) is 12.4 Å². The first-order valence-electron chi connectivity index (χ1n) is 6.69. The average Bonchev–Trinajstić information content (AvgIpc) is 2.64. The monoisotopic (exact) mass is 236 g/mol. The van der Waals surface area contributed by atoms with Crippen molar-refractivity contribution in [2.75, 3.05) is 0 Å². The van der Waals surface area contributed by atoms with Gasteiger partial charge in [-0.3, -0.25) is 0 Å². The third-order valence-corrected chi connectivity index (χ3v) is 4.21. The molecule has 1 aliphatic rings. The van der Waals surface area contributed by atoms with Gasteiger partial charge >= 0.3 is 0 Å². The van der Waals surface area contributed by atoms with E-state index in [1.54, 1.807) is 6.20 Å². The lowest BCUT2D eigenvalue weighted by molar-refractivity contribution is -0.0258. The van der Waals surface area contributed by atoms with Gasteiger partial charge in [0.05, 0.1) is 5.60 Å². The average molecular weight is 236 g/mol. The van der Waals surface area contributed by atoms with Crippen LogP contribution in [0.4, 0.5) is 0 Å². The van der Waals surface area contributed by atoms with Gasteiger partial charge in [0.2, 0.25) is 0 Å². The summed E-state index contributed by atoms with van der Waals surface area (Å²) < 4.78 is 2.01. The summed E-state index contributed by atoms with van der Waals surface area (Å²) in [6, 6.07) is 0. The Balaban J connectivity index is 2.06. The summed E-state index contributed by atoms with van der Waals surface area (Å²) in [6.45, 7) is 4.52. The summed E-state index contributed by atoms with van der Waals surface area (Å²) in [5, 5.41) is 10.7. The van der Waals surface area contributed by atoms with Gasteiger partial charge in [0.15, 0.2) is 0 Å². The highest BCUT2D eigenvalue weighted by molar-refractivity contribution is 5.00. The second-order valence-corrected chi connectivity index (χ2v) is 5.96. The van der Waals surface area contributed by atoms with Gasteiger partial charge in [0, 0.05) is 25.9 Å². The number of aryl methyl sites for hydroxylation is 1. The molecule has 17 heavy (non-hydrogen) atoms. The van der Waals surface area contributed by atoms with Crippen molar-refractivity contribution in [1.82, 2.24) is 9.55 Å². The molecule has 1 N–H and O–H groups in total. The minimum absolute atomic E-state index is 0.535. The molecule has 0 aromatic carbocycles. The van der Waals surface area contributed by atoms with Gasteiger partial charge in [-0.2, -0.15) is 0 Å². The second-order valence-electron chi connectivity index (χ2n) is 5.96. The third-order valence-electron chi connectivity index (χ3n) is 4.21. The Morgan fingerprint density at radius 1 is 1.59 bits per heavy atom. The molecule has 2 atom stereocenters. The fourth-order valence-electron chi connectivity index (χ4n) is 2.98. The van der Waals surface area contributed by atoms with Crippen molar-refractivity contribution in [1.29, 1.82) is 0 Å². The molecule has 3 heteroatoms. The van der Waals surface area contributed by atoms with E-state index in [4.69, 9.17) is 0 Å². The van der Waals surface area contributed by atoms with Crippen LogP contribution >= 0.6 is 0 Å². The van der Waals surface area contributed by atoms with Gasteiger partial charge in [-0.15, -0.1) is 0 Å². The van der Waals surface area contributed by atoms with Crippen LogP contribution in [0, 0.1) is 11.8 Å². The van der Waals surface area contributed by atoms with Crippen LogP contribution in [0.1, 0.15) is 45.4 Å². The lowest BCUT2D eigenvalue weighted by atomic mass is 9.72. The lowest BCUT2D eigenvalue weighted by Gasteiger charge is -2.38. The van der Waals surface area contributed by atoms with Crippen LogP contribution in [0.3, 0.4) is 0 Å². The standard InChI is InChI=1S/C14H24N2O/c1-11(2)12-5-4-6-14(17,9-12)10-13-15-7-8-16(13)3/h7-8,11-12,17H,4-6,9-10H2,1-3H3. The molecule has 0 aliphatic heterocycles. The topological polar surface area (TPSA) is 38.1 Å². The minimum atomic E-state index is -0.535. The first-order chi connectivity index (χ1) is 8.00. The molecular formula is C14H24N2O. The molecule has 2 rings (SSSR count). The summed E-state index contributed by atoms with van der Waals surface area (Å²) in [4.78, 5) is 4.33. The van der Waals surface area contributed by atoms with Crippen LogP contribution < -0.4 is 0 Å². The molecule has 1 aliphatic carbocycles. The fraction of sp³-hybridized carbons (Fsp3) is 0.786. The first kappa shape index (κ1) is 12.6. The summed E-state index contributed by atoms with van der Waals surface area (Å²) >= 11 is 0. The summed E-state index contributed by atoms with van der Waals surface area (Å²) in [5.74, 6) is 2.33. The predicted octanol–water partition coefficient (Wildman–Crippen LogP) is 2.54. The Kier molecular flexibility index (Phi) is 3.57. The molecule has 0 amide bonds. The van der Waals surface area contributed by atoms with Gasteiger partial charge in [-0.25, -0.2) is 4.98 Å². The van der Waals surface area contributed by atoms with Crippen LogP contribution in [-0.4, -0.2) is 20.3 Å². The molecule has 3 nitrogen and oxygen atoms in total. The molecule has 96 valence electrons. The zero-order chi connectivity index (χ0) is 12.5. The smallest absolute Gasteiger partial charge is 0.111 e. The number of aliphatic hydroxyl groups is 1. The van der Waals surface area contributed by atoms with E-state index in [9.17, 15) is 5.11 Å². The van der Waals surface area contributed by atoms with E-state index in [1.165, 1.54) is 6.42 Å². The van der Waals surface area contributed by atoms with E-state index in [2.05, 4.69) is 18.8 Å². The Bertz CT molecular complexity index is 372. The number of hydrogen-bond donors (Lipinski definition) is 1. The Morgan fingerprint density at radius 2 is 2.35 bits per heavy atom. The van der Waals surface area contributed by atoms with E-state index in [0.29, 0.717) is 18.3 Å². The number of rotatable bonds is 3. The predicted molar refractivity (Wildman–Crippen MR) is 68.7 cm³/mol. The van der Waals surface area contributed by atoms with E-state index in [-0.39, 0.29) is 0 Å². The molecule has 1 heterocycles. The number of aromatic nitrogens is 2. The fourth-order valence-corrected chi connectivity index (χ4v) is 2.98. The normalized spacial score (nSPS) is 29.8.